The highest BCUT2D eigenvalue weighted by Gasteiger charge is 2.07. The molecule has 0 aliphatic heterocycles. The van der Waals surface area contributed by atoms with Gasteiger partial charge in [0.1, 0.15) is 0 Å². The van der Waals surface area contributed by atoms with Crippen LogP contribution in [-0.2, 0) is 6.42 Å². The number of hydrogen-bond acceptors (Lipinski definition) is 2. The molecule has 0 unspecified atom stereocenters. The quantitative estimate of drug-likeness (QED) is 0.781. The summed E-state index contributed by atoms with van der Waals surface area (Å²) in [6.45, 7) is 4.05. The van der Waals surface area contributed by atoms with Crippen molar-refractivity contribution < 1.29 is 0 Å². The molecule has 2 rings (SSSR count). The van der Waals surface area contributed by atoms with E-state index in [4.69, 9.17) is 11.6 Å². The van der Waals surface area contributed by atoms with Gasteiger partial charge in [0.25, 0.3) is 0 Å². The van der Waals surface area contributed by atoms with E-state index in [2.05, 4.69) is 10.1 Å². The lowest BCUT2D eigenvalue weighted by Gasteiger charge is -2.01. The zero-order valence-corrected chi connectivity index (χ0v) is 9.49. The molecule has 1 aromatic carbocycles. The molecule has 0 amide bonds. The fourth-order valence-electron chi connectivity index (χ4n) is 1.33. The lowest BCUT2D eigenvalue weighted by Crippen LogP contribution is -1.97. The molecule has 0 bridgehead atoms. The minimum absolute atomic E-state index is 0.413. The van der Waals surface area contributed by atoms with Crippen molar-refractivity contribution >= 4 is 11.6 Å². The van der Waals surface area contributed by atoms with Crippen LogP contribution in [0.1, 0.15) is 18.3 Å². The Bertz CT molecular complexity index is 459. The van der Waals surface area contributed by atoms with E-state index in [1.165, 1.54) is 5.56 Å². The van der Waals surface area contributed by atoms with Crippen LogP contribution in [0.15, 0.2) is 24.3 Å². The van der Waals surface area contributed by atoms with Gasteiger partial charge in [-0.25, -0.2) is 9.67 Å². The number of nitrogens with zero attached hydrogens (tertiary/aromatic N) is 3. The Hall–Kier alpha value is -1.35. The van der Waals surface area contributed by atoms with E-state index in [1.54, 1.807) is 4.68 Å². The molecule has 4 heteroatoms. The van der Waals surface area contributed by atoms with Gasteiger partial charge in [0.15, 0.2) is 5.82 Å². The number of aromatic nitrogens is 3. The molecule has 1 heterocycles. The number of aryl methyl sites for hydroxylation is 2. The highest BCUT2D eigenvalue weighted by molar-refractivity contribution is 6.28. The van der Waals surface area contributed by atoms with Crippen LogP contribution in [0.4, 0.5) is 0 Å². The summed E-state index contributed by atoms with van der Waals surface area (Å²) < 4.78 is 1.65. The van der Waals surface area contributed by atoms with Crippen molar-refractivity contribution in [3.8, 4) is 5.69 Å². The van der Waals surface area contributed by atoms with Crippen LogP contribution in [0.25, 0.3) is 5.69 Å². The van der Waals surface area contributed by atoms with Gasteiger partial charge in [0.05, 0.1) is 5.69 Å². The minimum atomic E-state index is 0.413. The van der Waals surface area contributed by atoms with Crippen molar-refractivity contribution in [2.24, 2.45) is 0 Å². The average molecular weight is 222 g/mol. The highest BCUT2D eigenvalue weighted by Crippen LogP contribution is 2.14. The Kier molecular flexibility index (Phi) is 2.73. The molecule has 0 N–H and O–H groups in total. The largest absolute Gasteiger partial charge is 0.225 e. The van der Waals surface area contributed by atoms with Crippen molar-refractivity contribution in [3.05, 3.63) is 40.9 Å². The summed E-state index contributed by atoms with van der Waals surface area (Å²) >= 11 is 5.99. The van der Waals surface area contributed by atoms with Gasteiger partial charge < -0.3 is 0 Å². The lowest BCUT2D eigenvalue weighted by atomic mass is 10.2. The second-order valence-corrected chi connectivity index (χ2v) is 3.74. The minimum Gasteiger partial charge on any atom is -0.203 e. The Labute approximate surface area is 93.7 Å². The molecule has 0 atom stereocenters. The van der Waals surface area contributed by atoms with E-state index in [-0.39, 0.29) is 0 Å². The van der Waals surface area contributed by atoms with Gasteiger partial charge in [-0.15, -0.1) is 5.10 Å². The summed E-state index contributed by atoms with van der Waals surface area (Å²) in [6.07, 6.45) is 0.790. The molecule has 15 heavy (non-hydrogen) atoms. The summed E-state index contributed by atoms with van der Waals surface area (Å²) in [5.41, 5.74) is 2.16. The fraction of sp³-hybridized carbons (Fsp3) is 0.273. The van der Waals surface area contributed by atoms with Crippen molar-refractivity contribution in [2.75, 3.05) is 0 Å². The van der Waals surface area contributed by atoms with Gasteiger partial charge in [0.2, 0.25) is 5.28 Å². The van der Waals surface area contributed by atoms with Crippen molar-refractivity contribution in [2.45, 2.75) is 20.3 Å². The SMILES string of the molecule is CCc1nc(Cl)n(-c2ccc(C)cc2)n1. The topological polar surface area (TPSA) is 30.7 Å². The molecule has 0 spiro atoms. The first-order chi connectivity index (χ1) is 7.20. The van der Waals surface area contributed by atoms with E-state index < -0.39 is 0 Å². The number of halogens is 1. The maximum atomic E-state index is 5.99. The van der Waals surface area contributed by atoms with Gasteiger partial charge in [-0.05, 0) is 30.7 Å². The van der Waals surface area contributed by atoms with Crippen LogP contribution < -0.4 is 0 Å². The van der Waals surface area contributed by atoms with Crippen molar-refractivity contribution in [1.82, 2.24) is 14.8 Å². The van der Waals surface area contributed by atoms with Crippen LogP contribution in [0, 0.1) is 6.92 Å². The monoisotopic (exact) mass is 221 g/mol. The highest BCUT2D eigenvalue weighted by atomic mass is 35.5. The predicted molar refractivity (Wildman–Crippen MR) is 60.5 cm³/mol. The summed E-state index contributed by atoms with van der Waals surface area (Å²) in [4.78, 5) is 4.15. The Balaban J connectivity index is 2.44. The maximum absolute atomic E-state index is 5.99. The molecule has 2 aromatic rings. The van der Waals surface area contributed by atoms with Gasteiger partial charge in [-0.1, -0.05) is 24.6 Å². The first kappa shape index (κ1) is 10.2. The molecule has 0 saturated heterocycles. The zero-order valence-electron chi connectivity index (χ0n) is 8.74. The lowest BCUT2D eigenvalue weighted by molar-refractivity contribution is 0.840. The molecule has 0 radical (unpaired) electrons. The molecular formula is C11H12ClN3. The number of benzene rings is 1. The molecule has 0 aliphatic rings. The van der Waals surface area contributed by atoms with E-state index in [9.17, 15) is 0 Å². The van der Waals surface area contributed by atoms with Crippen LogP contribution in [0.3, 0.4) is 0 Å². The fourth-order valence-corrected chi connectivity index (χ4v) is 1.57. The summed E-state index contributed by atoms with van der Waals surface area (Å²) in [7, 11) is 0. The van der Waals surface area contributed by atoms with E-state index in [0.29, 0.717) is 5.28 Å². The van der Waals surface area contributed by atoms with Crippen LogP contribution in [0.2, 0.25) is 5.28 Å². The normalized spacial score (nSPS) is 10.6. The second-order valence-electron chi connectivity index (χ2n) is 3.40. The Morgan fingerprint density at radius 2 is 1.93 bits per heavy atom. The van der Waals surface area contributed by atoms with E-state index >= 15 is 0 Å². The molecule has 78 valence electrons. The third kappa shape index (κ3) is 2.02. The summed E-state index contributed by atoms with van der Waals surface area (Å²) in [6, 6.07) is 8.02. The number of hydrogen-bond donors (Lipinski definition) is 0. The Morgan fingerprint density at radius 3 is 2.47 bits per heavy atom. The van der Waals surface area contributed by atoms with Crippen molar-refractivity contribution in [1.29, 1.82) is 0 Å². The van der Waals surface area contributed by atoms with Gasteiger partial charge >= 0.3 is 0 Å². The third-order valence-electron chi connectivity index (χ3n) is 2.21. The smallest absolute Gasteiger partial charge is 0.203 e. The van der Waals surface area contributed by atoms with Crippen LogP contribution in [0.5, 0.6) is 0 Å². The predicted octanol–water partition coefficient (Wildman–Crippen LogP) is 2.79. The molecule has 3 nitrogen and oxygen atoms in total. The van der Waals surface area contributed by atoms with Crippen LogP contribution >= 0.6 is 11.6 Å². The molecule has 0 fully saturated rings. The van der Waals surface area contributed by atoms with Crippen molar-refractivity contribution in [3.63, 3.8) is 0 Å². The average Bonchev–Trinajstić information content (AvgIpc) is 2.61. The standard InChI is InChI=1S/C11H12ClN3/c1-3-10-13-11(12)15(14-10)9-6-4-8(2)5-7-9/h4-7H,3H2,1-2H3. The number of rotatable bonds is 2. The van der Waals surface area contributed by atoms with Crippen LogP contribution in [-0.4, -0.2) is 14.8 Å². The molecule has 0 saturated carbocycles. The van der Waals surface area contributed by atoms with Gasteiger partial charge in [-0.3, -0.25) is 0 Å². The Morgan fingerprint density at radius 1 is 1.27 bits per heavy atom. The maximum Gasteiger partial charge on any atom is 0.225 e. The molecule has 0 aliphatic carbocycles. The summed E-state index contributed by atoms with van der Waals surface area (Å²) in [5.74, 6) is 0.764. The van der Waals surface area contributed by atoms with E-state index in [1.807, 2.05) is 38.1 Å². The zero-order chi connectivity index (χ0) is 10.8. The van der Waals surface area contributed by atoms with E-state index in [0.717, 1.165) is 17.9 Å². The van der Waals surface area contributed by atoms with Gasteiger partial charge in [-0.2, -0.15) is 0 Å². The molecule has 1 aromatic heterocycles. The first-order valence-corrected chi connectivity index (χ1v) is 5.27. The summed E-state index contributed by atoms with van der Waals surface area (Å²) in [5, 5.41) is 4.71. The second kappa shape index (κ2) is 4.03. The van der Waals surface area contributed by atoms with Gasteiger partial charge in [0, 0.05) is 6.42 Å². The first-order valence-electron chi connectivity index (χ1n) is 4.89. The molecular weight excluding hydrogens is 210 g/mol. The third-order valence-corrected chi connectivity index (χ3v) is 2.45.